The van der Waals surface area contributed by atoms with Gasteiger partial charge >= 0.3 is 0 Å². The average Bonchev–Trinajstić information content (AvgIpc) is 3.21. The highest BCUT2D eigenvalue weighted by Gasteiger charge is 2.43. The van der Waals surface area contributed by atoms with Crippen LogP contribution in [0.5, 0.6) is 5.75 Å². The number of para-hydroxylation sites is 1. The van der Waals surface area contributed by atoms with Crippen molar-refractivity contribution in [3.05, 3.63) is 29.8 Å². The SMILES string of the molecule is COc1ccccc1C(=O)NCCCC1(C2OCCO2)CCOCC1. The summed E-state index contributed by atoms with van der Waals surface area (Å²) in [5, 5.41) is 2.99. The minimum absolute atomic E-state index is 0.00388. The normalized spacial score (nSPS) is 20.4. The highest BCUT2D eigenvalue weighted by Crippen LogP contribution is 2.42. The Morgan fingerprint density at radius 1 is 1.20 bits per heavy atom. The van der Waals surface area contributed by atoms with Crippen LogP contribution in [-0.4, -0.2) is 52.3 Å². The van der Waals surface area contributed by atoms with Crippen LogP contribution in [0.3, 0.4) is 0 Å². The number of benzene rings is 1. The number of nitrogens with one attached hydrogen (secondary N) is 1. The van der Waals surface area contributed by atoms with Gasteiger partial charge in [0.2, 0.25) is 0 Å². The lowest BCUT2D eigenvalue weighted by Crippen LogP contribution is -2.41. The van der Waals surface area contributed by atoms with E-state index in [0.29, 0.717) is 31.1 Å². The van der Waals surface area contributed by atoms with Crippen LogP contribution >= 0.6 is 0 Å². The van der Waals surface area contributed by atoms with Crippen LogP contribution in [0, 0.1) is 5.41 Å². The van der Waals surface area contributed by atoms with E-state index in [1.54, 1.807) is 19.2 Å². The van der Waals surface area contributed by atoms with Gasteiger partial charge in [0.05, 0.1) is 25.9 Å². The van der Waals surface area contributed by atoms with Gasteiger partial charge in [-0.3, -0.25) is 4.79 Å². The molecule has 2 saturated heterocycles. The molecular weight excluding hydrogens is 322 g/mol. The molecule has 1 aromatic rings. The van der Waals surface area contributed by atoms with Gasteiger partial charge in [-0.25, -0.2) is 0 Å². The lowest BCUT2D eigenvalue weighted by atomic mass is 9.75. The lowest BCUT2D eigenvalue weighted by molar-refractivity contribution is -0.168. The molecule has 2 aliphatic heterocycles. The molecule has 1 aromatic carbocycles. The molecule has 1 amide bonds. The molecule has 0 aliphatic carbocycles. The maximum Gasteiger partial charge on any atom is 0.255 e. The molecule has 2 aliphatic rings. The van der Waals surface area contributed by atoms with E-state index < -0.39 is 0 Å². The Bertz CT molecular complexity index is 565. The zero-order valence-electron chi connectivity index (χ0n) is 14.8. The van der Waals surface area contributed by atoms with Crippen molar-refractivity contribution in [2.24, 2.45) is 5.41 Å². The fraction of sp³-hybridized carbons (Fsp3) is 0.632. The Kier molecular flexibility index (Phi) is 6.29. The van der Waals surface area contributed by atoms with E-state index in [9.17, 15) is 4.79 Å². The third-order valence-corrected chi connectivity index (χ3v) is 5.10. The summed E-state index contributed by atoms with van der Waals surface area (Å²) in [5.41, 5.74) is 0.567. The molecule has 0 spiro atoms. The molecule has 0 atom stereocenters. The first-order valence-electron chi connectivity index (χ1n) is 8.97. The second-order valence-electron chi connectivity index (χ2n) is 6.61. The molecule has 6 nitrogen and oxygen atoms in total. The predicted molar refractivity (Wildman–Crippen MR) is 92.7 cm³/mol. The van der Waals surface area contributed by atoms with Crippen LogP contribution in [0.1, 0.15) is 36.0 Å². The Morgan fingerprint density at radius 2 is 1.92 bits per heavy atom. The molecule has 0 bridgehead atoms. The van der Waals surface area contributed by atoms with E-state index in [0.717, 1.165) is 38.9 Å². The molecule has 6 heteroatoms. The number of hydrogen-bond donors (Lipinski definition) is 1. The summed E-state index contributed by atoms with van der Waals surface area (Å²) < 4.78 is 22.3. The monoisotopic (exact) mass is 349 g/mol. The standard InChI is InChI=1S/C19H27NO5/c1-22-16-6-3-2-5-15(16)17(21)20-10-4-7-19(8-11-23-12-9-19)18-24-13-14-25-18/h2-3,5-6,18H,4,7-14H2,1H3,(H,20,21). The Hall–Kier alpha value is -1.63. The molecule has 2 heterocycles. The second kappa shape index (κ2) is 8.65. The molecule has 138 valence electrons. The smallest absolute Gasteiger partial charge is 0.255 e. The second-order valence-corrected chi connectivity index (χ2v) is 6.61. The number of carbonyl (C=O) groups excluding carboxylic acids is 1. The van der Waals surface area contributed by atoms with E-state index >= 15 is 0 Å². The van der Waals surface area contributed by atoms with Crippen molar-refractivity contribution < 1.29 is 23.7 Å². The zero-order valence-corrected chi connectivity index (χ0v) is 14.8. The van der Waals surface area contributed by atoms with Crippen LogP contribution in [0.15, 0.2) is 24.3 Å². The highest BCUT2D eigenvalue weighted by atomic mass is 16.7. The average molecular weight is 349 g/mol. The van der Waals surface area contributed by atoms with Crippen molar-refractivity contribution >= 4 is 5.91 Å². The first-order chi connectivity index (χ1) is 12.2. The summed E-state index contributed by atoms with van der Waals surface area (Å²) in [6, 6.07) is 7.25. The molecule has 2 fully saturated rings. The van der Waals surface area contributed by atoms with Gasteiger partial charge in [-0.05, 0) is 37.8 Å². The molecule has 0 aromatic heterocycles. The van der Waals surface area contributed by atoms with Gasteiger partial charge in [-0.1, -0.05) is 12.1 Å². The van der Waals surface area contributed by atoms with Gasteiger partial charge in [0, 0.05) is 25.2 Å². The van der Waals surface area contributed by atoms with Gasteiger partial charge in [0.15, 0.2) is 6.29 Å². The van der Waals surface area contributed by atoms with Crippen LogP contribution < -0.4 is 10.1 Å². The van der Waals surface area contributed by atoms with Crippen LogP contribution in [0.25, 0.3) is 0 Å². The summed E-state index contributed by atoms with van der Waals surface area (Å²) in [4.78, 5) is 12.4. The lowest BCUT2D eigenvalue weighted by Gasteiger charge is -2.40. The van der Waals surface area contributed by atoms with Gasteiger partial charge < -0.3 is 24.3 Å². The van der Waals surface area contributed by atoms with Crippen molar-refractivity contribution in [3.63, 3.8) is 0 Å². The minimum Gasteiger partial charge on any atom is -0.496 e. The number of methoxy groups -OCH3 is 1. The third-order valence-electron chi connectivity index (χ3n) is 5.10. The van der Waals surface area contributed by atoms with Gasteiger partial charge in [-0.2, -0.15) is 0 Å². The van der Waals surface area contributed by atoms with Crippen molar-refractivity contribution in [1.29, 1.82) is 0 Å². The minimum atomic E-state index is -0.138. The fourth-order valence-corrected chi connectivity index (χ4v) is 3.66. The predicted octanol–water partition coefficient (Wildman–Crippen LogP) is 2.37. The van der Waals surface area contributed by atoms with Gasteiger partial charge in [-0.15, -0.1) is 0 Å². The van der Waals surface area contributed by atoms with E-state index in [2.05, 4.69) is 5.32 Å². The maximum absolute atomic E-state index is 12.4. The van der Waals surface area contributed by atoms with Crippen LogP contribution in [0.2, 0.25) is 0 Å². The Labute approximate surface area is 148 Å². The number of hydrogen-bond acceptors (Lipinski definition) is 5. The van der Waals surface area contributed by atoms with Crippen molar-refractivity contribution in [2.75, 3.05) is 40.1 Å². The van der Waals surface area contributed by atoms with E-state index in [1.165, 1.54) is 0 Å². The van der Waals surface area contributed by atoms with Gasteiger partial charge in [0.25, 0.3) is 5.91 Å². The molecule has 1 N–H and O–H groups in total. The van der Waals surface area contributed by atoms with Crippen molar-refractivity contribution in [1.82, 2.24) is 5.32 Å². The van der Waals surface area contributed by atoms with Gasteiger partial charge in [0.1, 0.15) is 5.75 Å². The first-order valence-corrected chi connectivity index (χ1v) is 8.97. The largest absolute Gasteiger partial charge is 0.496 e. The summed E-state index contributed by atoms with van der Waals surface area (Å²) in [5.74, 6) is 0.487. The number of rotatable bonds is 7. The molecular formula is C19H27NO5. The molecule has 0 radical (unpaired) electrons. The zero-order chi connectivity index (χ0) is 17.5. The molecule has 3 rings (SSSR count). The fourth-order valence-electron chi connectivity index (χ4n) is 3.66. The maximum atomic E-state index is 12.4. The summed E-state index contributed by atoms with van der Waals surface area (Å²) in [7, 11) is 1.57. The molecule has 25 heavy (non-hydrogen) atoms. The van der Waals surface area contributed by atoms with E-state index in [1.807, 2.05) is 12.1 Å². The number of carbonyl (C=O) groups is 1. The molecule has 0 unspecified atom stereocenters. The third kappa shape index (κ3) is 4.32. The summed E-state index contributed by atoms with van der Waals surface area (Å²) in [6.45, 7) is 3.44. The van der Waals surface area contributed by atoms with E-state index in [-0.39, 0.29) is 17.6 Å². The van der Waals surface area contributed by atoms with Crippen molar-refractivity contribution in [2.45, 2.75) is 32.0 Å². The van der Waals surface area contributed by atoms with Crippen LogP contribution in [-0.2, 0) is 14.2 Å². The number of ether oxygens (including phenoxy) is 4. The number of amides is 1. The van der Waals surface area contributed by atoms with Crippen molar-refractivity contribution in [3.8, 4) is 5.75 Å². The summed E-state index contributed by atoms with van der Waals surface area (Å²) >= 11 is 0. The highest BCUT2D eigenvalue weighted by molar-refractivity contribution is 5.96. The Morgan fingerprint density at radius 3 is 2.64 bits per heavy atom. The van der Waals surface area contributed by atoms with E-state index in [4.69, 9.17) is 18.9 Å². The van der Waals surface area contributed by atoms with Crippen LogP contribution in [0.4, 0.5) is 0 Å². The topological polar surface area (TPSA) is 66.0 Å². The molecule has 0 saturated carbocycles. The quantitative estimate of drug-likeness (QED) is 0.766. The summed E-state index contributed by atoms with van der Waals surface area (Å²) in [6.07, 6.45) is 3.58. The first kappa shape index (κ1) is 18.2. The Balaban J connectivity index is 1.51.